The lowest BCUT2D eigenvalue weighted by molar-refractivity contribution is -0.137. The molecule has 0 fully saturated rings. The number of aromatic nitrogens is 2. The fraction of sp³-hybridized carbons (Fsp3) is 0.0357. The first-order chi connectivity index (χ1) is 18.7. The largest absolute Gasteiger partial charge is 0.417 e. The number of anilines is 3. The average molecular weight is 550 g/mol. The number of nitrogens with one attached hydrogen (secondary N) is 3. The highest BCUT2D eigenvalue weighted by molar-refractivity contribution is 6.31. The summed E-state index contributed by atoms with van der Waals surface area (Å²) in [5, 5.41) is 7.42. The van der Waals surface area contributed by atoms with Crippen molar-refractivity contribution in [1.29, 1.82) is 0 Å². The molecule has 2 aromatic heterocycles. The molecule has 0 aliphatic heterocycles. The zero-order chi connectivity index (χ0) is 27.6. The first-order valence-corrected chi connectivity index (χ1v) is 11.9. The van der Waals surface area contributed by atoms with E-state index in [9.17, 15) is 22.8 Å². The molecule has 196 valence electrons. The number of urea groups is 1. The van der Waals surface area contributed by atoms with E-state index in [1.807, 2.05) is 12.1 Å². The van der Waals surface area contributed by atoms with Crippen LogP contribution in [0.1, 0.15) is 15.9 Å². The summed E-state index contributed by atoms with van der Waals surface area (Å²) in [5.74, 6) is -0.270. The molecule has 0 aliphatic carbocycles. The summed E-state index contributed by atoms with van der Waals surface area (Å²) in [6.07, 6.45) is -1.22. The van der Waals surface area contributed by atoms with Crippen LogP contribution in [0.3, 0.4) is 0 Å². The molecular weight excluding hydrogens is 531 g/mol. The molecule has 7 nitrogen and oxygen atoms in total. The van der Waals surface area contributed by atoms with Crippen molar-refractivity contribution in [1.82, 2.24) is 9.38 Å². The van der Waals surface area contributed by atoms with Gasteiger partial charge in [0.05, 0.1) is 28.2 Å². The van der Waals surface area contributed by atoms with Gasteiger partial charge in [0, 0.05) is 28.7 Å². The molecule has 5 aromatic rings. The normalized spacial score (nSPS) is 11.3. The molecule has 0 aliphatic rings. The lowest BCUT2D eigenvalue weighted by Gasteiger charge is -2.13. The van der Waals surface area contributed by atoms with E-state index in [2.05, 4.69) is 20.9 Å². The molecular formula is C28H19ClF3N5O2. The topological polar surface area (TPSA) is 87.5 Å². The van der Waals surface area contributed by atoms with Gasteiger partial charge in [0.15, 0.2) is 5.65 Å². The maximum absolute atomic E-state index is 13.1. The minimum atomic E-state index is -4.65. The van der Waals surface area contributed by atoms with Gasteiger partial charge in [-0.3, -0.25) is 9.20 Å². The second-order valence-corrected chi connectivity index (χ2v) is 8.84. The maximum Gasteiger partial charge on any atom is 0.417 e. The quantitative estimate of drug-likeness (QED) is 0.211. The molecule has 0 unspecified atom stereocenters. The van der Waals surface area contributed by atoms with Gasteiger partial charge in [-0.2, -0.15) is 13.2 Å². The van der Waals surface area contributed by atoms with Crippen molar-refractivity contribution in [3.05, 3.63) is 113 Å². The molecule has 0 saturated heterocycles. The van der Waals surface area contributed by atoms with Gasteiger partial charge in [0.1, 0.15) is 0 Å². The summed E-state index contributed by atoms with van der Waals surface area (Å²) < 4.78 is 41.2. The Morgan fingerprint density at radius 2 is 1.56 bits per heavy atom. The first kappa shape index (κ1) is 25.8. The zero-order valence-electron chi connectivity index (χ0n) is 20.0. The fourth-order valence-corrected chi connectivity index (χ4v) is 4.20. The molecule has 0 saturated carbocycles. The predicted octanol–water partition coefficient (Wildman–Crippen LogP) is 7.57. The zero-order valence-corrected chi connectivity index (χ0v) is 20.7. The molecule has 2 heterocycles. The van der Waals surface area contributed by atoms with Crippen LogP contribution in [0.25, 0.3) is 16.9 Å². The fourth-order valence-electron chi connectivity index (χ4n) is 3.98. The third kappa shape index (κ3) is 5.70. The Labute approximate surface area is 225 Å². The van der Waals surface area contributed by atoms with E-state index < -0.39 is 22.8 Å². The van der Waals surface area contributed by atoms with Gasteiger partial charge in [-0.15, -0.1) is 0 Å². The third-order valence-corrected chi connectivity index (χ3v) is 6.10. The molecule has 3 aromatic carbocycles. The van der Waals surface area contributed by atoms with E-state index in [-0.39, 0.29) is 11.6 Å². The highest BCUT2D eigenvalue weighted by Crippen LogP contribution is 2.36. The van der Waals surface area contributed by atoms with Crippen molar-refractivity contribution in [2.24, 2.45) is 0 Å². The number of amides is 3. The van der Waals surface area contributed by atoms with Crippen molar-refractivity contribution < 1.29 is 22.8 Å². The molecule has 0 bridgehead atoms. The van der Waals surface area contributed by atoms with Crippen LogP contribution in [-0.2, 0) is 6.18 Å². The average Bonchev–Trinajstić information content (AvgIpc) is 3.35. The Morgan fingerprint density at radius 3 is 2.31 bits per heavy atom. The highest BCUT2D eigenvalue weighted by Gasteiger charge is 2.33. The molecule has 0 atom stereocenters. The van der Waals surface area contributed by atoms with Crippen molar-refractivity contribution in [3.8, 4) is 11.3 Å². The van der Waals surface area contributed by atoms with Crippen LogP contribution in [0.15, 0.2) is 97.3 Å². The van der Waals surface area contributed by atoms with Crippen LogP contribution >= 0.6 is 11.6 Å². The number of halogens is 4. The highest BCUT2D eigenvalue weighted by atomic mass is 35.5. The Balaban J connectivity index is 1.35. The lowest BCUT2D eigenvalue weighted by atomic mass is 10.1. The number of alkyl halides is 3. The summed E-state index contributed by atoms with van der Waals surface area (Å²) in [4.78, 5) is 29.6. The van der Waals surface area contributed by atoms with E-state index in [1.165, 1.54) is 6.07 Å². The lowest BCUT2D eigenvalue weighted by Crippen LogP contribution is -2.20. The number of nitrogens with zero attached hydrogens (tertiary/aromatic N) is 2. The minimum Gasteiger partial charge on any atom is -0.319 e. The summed E-state index contributed by atoms with van der Waals surface area (Å²) in [6.45, 7) is 0. The van der Waals surface area contributed by atoms with Gasteiger partial charge in [-0.25, -0.2) is 9.78 Å². The number of imidazole rings is 1. The number of carbonyl (C=O) groups excluding carboxylic acids is 2. The van der Waals surface area contributed by atoms with Crippen LogP contribution in [-0.4, -0.2) is 21.3 Å². The van der Waals surface area contributed by atoms with Gasteiger partial charge < -0.3 is 16.0 Å². The Kier molecular flexibility index (Phi) is 6.95. The third-order valence-electron chi connectivity index (χ3n) is 5.77. The number of rotatable bonds is 5. The van der Waals surface area contributed by atoms with Crippen LogP contribution in [0.2, 0.25) is 5.02 Å². The molecule has 0 spiro atoms. The smallest absolute Gasteiger partial charge is 0.319 e. The van der Waals surface area contributed by atoms with E-state index in [4.69, 9.17) is 11.6 Å². The SMILES string of the molecule is O=C(Nc1cccc(-c2cnc3c(NC(=O)c4ccccc4)cccn23)c1)Nc1ccc(Cl)c(C(F)(F)F)c1. The summed E-state index contributed by atoms with van der Waals surface area (Å²) >= 11 is 5.64. The van der Waals surface area contributed by atoms with E-state index in [0.717, 1.165) is 12.1 Å². The monoisotopic (exact) mass is 549 g/mol. The minimum absolute atomic E-state index is 0.0627. The number of carbonyl (C=O) groups is 2. The maximum atomic E-state index is 13.1. The van der Waals surface area contributed by atoms with E-state index in [0.29, 0.717) is 33.8 Å². The second kappa shape index (κ2) is 10.5. The number of hydrogen-bond acceptors (Lipinski definition) is 3. The molecule has 3 amide bonds. The van der Waals surface area contributed by atoms with Crippen molar-refractivity contribution in [2.75, 3.05) is 16.0 Å². The van der Waals surface area contributed by atoms with Crippen molar-refractivity contribution in [3.63, 3.8) is 0 Å². The van der Waals surface area contributed by atoms with E-state index >= 15 is 0 Å². The van der Waals surface area contributed by atoms with Gasteiger partial charge in [0.2, 0.25) is 0 Å². The predicted molar refractivity (Wildman–Crippen MR) is 144 cm³/mol. The molecule has 0 radical (unpaired) electrons. The Bertz CT molecular complexity index is 1690. The van der Waals surface area contributed by atoms with E-state index in [1.54, 1.807) is 71.4 Å². The molecule has 39 heavy (non-hydrogen) atoms. The number of hydrogen-bond donors (Lipinski definition) is 3. The second-order valence-electron chi connectivity index (χ2n) is 8.43. The summed E-state index contributed by atoms with van der Waals surface area (Å²) in [5.41, 5.74) is 2.25. The van der Waals surface area contributed by atoms with Crippen LogP contribution in [0.4, 0.5) is 35.0 Å². The van der Waals surface area contributed by atoms with Crippen LogP contribution < -0.4 is 16.0 Å². The van der Waals surface area contributed by atoms with Gasteiger partial charge in [-0.05, 0) is 54.6 Å². The number of fused-ring (bicyclic) bond motifs is 1. The van der Waals surface area contributed by atoms with Crippen molar-refractivity contribution in [2.45, 2.75) is 6.18 Å². The van der Waals surface area contributed by atoms with Gasteiger partial charge in [-0.1, -0.05) is 41.9 Å². The molecule has 11 heteroatoms. The number of benzene rings is 3. The van der Waals surface area contributed by atoms with Crippen molar-refractivity contribution >= 4 is 46.2 Å². The standard InChI is InChI=1S/C28H19ClF3N5O2/c29-22-12-11-20(15-21(22)28(30,31)32)35-27(39)34-19-9-4-8-18(14-19)24-16-33-25-23(10-5-13-37(24)25)36-26(38)17-6-2-1-3-7-17/h1-16H,(H,36,38)(H2,34,35,39). The van der Waals surface area contributed by atoms with Crippen LogP contribution in [0.5, 0.6) is 0 Å². The summed E-state index contributed by atoms with van der Waals surface area (Å²) in [7, 11) is 0. The van der Waals surface area contributed by atoms with Crippen LogP contribution in [0, 0.1) is 0 Å². The molecule has 3 N–H and O–H groups in total. The van der Waals surface area contributed by atoms with Gasteiger partial charge in [0.25, 0.3) is 5.91 Å². The first-order valence-electron chi connectivity index (χ1n) is 11.6. The van der Waals surface area contributed by atoms with Gasteiger partial charge >= 0.3 is 12.2 Å². The number of pyridine rings is 1. The summed E-state index contributed by atoms with van der Waals surface area (Å²) in [6, 6.07) is 21.6. The Morgan fingerprint density at radius 1 is 0.821 bits per heavy atom. The Hall–Kier alpha value is -4.83. The molecule has 5 rings (SSSR count).